The maximum absolute atomic E-state index is 12.5. The molecule has 0 aromatic heterocycles. The standard InChI is InChI=1S/C21H20O6/c1-3-10-25-20(22)13-26-16-8-9-17-18(12-16)27-19(21(17)23)11-14-4-6-15(24-2)7-5-14/h4-9,11-12H,3,10,13H2,1-2H3/b19-11-. The van der Waals surface area contributed by atoms with Gasteiger partial charge in [-0.1, -0.05) is 19.1 Å². The molecule has 0 atom stereocenters. The summed E-state index contributed by atoms with van der Waals surface area (Å²) in [5.41, 5.74) is 1.28. The Morgan fingerprint density at radius 3 is 2.56 bits per heavy atom. The second-order valence-electron chi connectivity index (χ2n) is 5.88. The number of hydrogen-bond donors (Lipinski definition) is 0. The van der Waals surface area contributed by atoms with Crippen LogP contribution >= 0.6 is 0 Å². The normalized spacial score (nSPS) is 13.9. The summed E-state index contributed by atoms with van der Waals surface area (Å²) >= 11 is 0. The Morgan fingerprint density at radius 2 is 1.85 bits per heavy atom. The van der Waals surface area contributed by atoms with Gasteiger partial charge in [-0.2, -0.15) is 0 Å². The third kappa shape index (κ3) is 4.47. The molecule has 1 aliphatic heterocycles. The van der Waals surface area contributed by atoms with E-state index in [0.717, 1.165) is 17.7 Å². The molecule has 3 rings (SSSR count). The van der Waals surface area contributed by atoms with E-state index >= 15 is 0 Å². The number of hydrogen-bond acceptors (Lipinski definition) is 6. The summed E-state index contributed by atoms with van der Waals surface area (Å²) in [5, 5.41) is 0. The first-order valence-electron chi connectivity index (χ1n) is 8.61. The number of carbonyl (C=O) groups excluding carboxylic acids is 2. The van der Waals surface area contributed by atoms with Gasteiger partial charge >= 0.3 is 5.97 Å². The number of ether oxygens (including phenoxy) is 4. The molecule has 1 heterocycles. The fourth-order valence-electron chi connectivity index (χ4n) is 2.51. The van der Waals surface area contributed by atoms with Crippen molar-refractivity contribution in [3.63, 3.8) is 0 Å². The van der Waals surface area contributed by atoms with Crippen LogP contribution in [0.15, 0.2) is 48.2 Å². The van der Waals surface area contributed by atoms with Crippen molar-refractivity contribution in [1.29, 1.82) is 0 Å². The zero-order valence-corrected chi connectivity index (χ0v) is 15.2. The van der Waals surface area contributed by atoms with Crippen LogP contribution in [0.25, 0.3) is 6.08 Å². The highest BCUT2D eigenvalue weighted by atomic mass is 16.6. The maximum atomic E-state index is 12.5. The Hall–Kier alpha value is -3.28. The maximum Gasteiger partial charge on any atom is 0.344 e. The number of fused-ring (bicyclic) bond motifs is 1. The molecule has 0 unspecified atom stereocenters. The van der Waals surface area contributed by atoms with Gasteiger partial charge in [0, 0.05) is 6.07 Å². The Bertz CT molecular complexity index is 867. The molecular weight excluding hydrogens is 348 g/mol. The minimum Gasteiger partial charge on any atom is -0.497 e. The molecule has 140 valence electrons. The van der Waals surface area contributed by atoms with Crippen molar-refractivity contribution in [3.05, 3.63) is 59.4 Å². The van der Waals surface area contributed by atoms with Crippen molar-refractivity contribution < 1.29 is 28.5 Å². The number of esters is 1. The average molecular weight is 368 g/mol. The van der Waals surface area contributed by atoms with Crippen molar-refractivity contribution in [2.75, 3.05) is 20.3 Å². The fraction of sp³-hybridized carbons (Fsp3) is 0.238. The molecule has 27 heavy (non-hydrogen) atoms. The van der Waals surface area contributed by atoms with E-state index in [0.29, 0.717) is 23.7 Å². The first kappa shape index (κ1) is 18.5. The molecule has 0 saturated heterocycles. The summed E-state index contributed by atoms with van der Waals surface area (Å²) in [6, 6.07) is 12.1. The Kier molecular flexibility index (Phi) is 5.76. The molecule has 0 radical (unpaired) electrons. The molecule has 2 aromatic rings. The highest BCUT2D eigenvalue weighted by Gasteiger charge is 2.27. The van der Waals surface area contributed by atoms with Gasteiger partial charge in [0.25, 0.3) is 0 Å². The topological polar surface area (TPSA) is 71.1 Å². The van der Waals surface area contributed by atoms with Crippen LogP contribution in [-0.4, -0.2) is 32.1 Å². The smallest absolute Gasteiger partial charge is 0.344 e. The van der Waals surface area contributed by atoms with Gasteiger partial charge in [0.1, 0.15) is 17.2 Å². The third-order valence-electron chi connectivity index (χ3n) is 3.88. The van der Waals surface area contributed by atoms with Crippen LogP contribution in [0.2, 0.25) is 0 Å². The molecule has 6 heteroatoms. The number of allylic oxidation sites excluding steroid dienone is 1. The van der Waals surface area contributed by atoms with E-state index in [2.05, 4.69) is 0 Å². The largest absolute Gasteiger partial charge is 0.497 e. The van der Waals surface area contributed by atoms with Crippen LogP contribution in [0.3, 0.4) is 0 Å². The van der Waals surface area contributed by atoms with Gasteiger partial charge in [-0.15, -0.1) is 0 Å². The second kappa shape index (κ2) is 8.40. The van der Waals surface area contributed by atoms with Crippen molar-refractivity contribution in [2.24, 2.45) is 0 Å². The van der Waals surface area contributed by atoms with Crippen molar-refractivity contribution in [3.8, 4) is 17.2 Å². The van der Waals surface area contributed by atoms with Crippen LogP contribution in [0, 0.1) is 0 Å². The van der Waals surface area contributed by atoms with E-state index in [9.17, 15) is 9.59 Å². The number of benzene rings is 2. The van der Waals surface area contributed by atoms with Crippen LogP contribution in [0.4, 0.5) is 0 Å². The number of rotatable bonds is 7. The lowest BCUT2D eigenvalue weighted by atomic mass is 10.1. The zero-order valence-electron chi connectivity index (χ0n) is 15.2. The monoisotopic (exact) mass is 368 g/mol. The first-order chi connectivity index (χ1) is 13.1. The van der Waals surface area contributed by atoms with Gasteiger partial charge in [-0.3, -0.25) is 4.79 Å². The van der Waals surface area contributed by atoms with Crippen LogP contribution in [0.5, 0.6) is 17.2 Å². The fourth-order valence-corrected chi connectivity index (χ4v) is 2.51. The SMILES string of the molecule is CCCOC(=O)COc1ccc2c(c1)O/C(=C\c1ccc(OC)cc1)C2=O. The Balaban J connectivity index is 1.69. The highest BCUT2D eigenvalue weighted by molar-refractivity contribution is 6.14. The van der Waals surface area contributed by atoms with Gasteiger partial charge in [0.2, 0.25) is 5.78 Å². The Morgan fingerprint density at radius 1 is 1.11 bits per heavy atom. The van der Waals surface area contributed by atoms with E-state index in [-0.39, 0.29) is 18.1 Å². The van der Waals surface area contributed by atoms with Crippen molar-refractivity contribution in [1.82, 2.24) is 0 Å². The Labute approximate surface area is 157 Å². The molecule has 0 fully saturated rings. The van der Waals surface area contributed by atoms with Crippen LogP contribution < -0.4 is 14.2 Å². The van der Waals surface area contributed by atoms with Gasteiger partial charge in [0.05, 0.1) is 19.3 Å². The van der Waals surface area contributed by atoms with Gasteiger partial charge < -0.3 is 18.9 Å². The van der Waals surface area contributed by atoms with E-state index in [1.54, 1.807) is 31.4 Å². The molecule has 2 aromatic carbocycles. The molecule has 0 amide bonds. The van der Waals surface area contributed by atoms with E-state index in [4.69, 9.17) is 18.9 Å². The van der Waals surface area contributed by atoms with E-state index in [1.165, 1.54) is 0 Å². The van der Waals surface area contributed by atoms with Gasteiger partial charge in [-0.05, 0) is 42.3 Å². The highest BCUT2D eigenvalue weighted by Crippen LogP contribution is 2.35. The average Bonchev–Trinajstić information content (AvgIpc) is 3.00. The minimum atomic E-state index is -0.436. The minimum absolute atomic E-state index is 0.193. The number of carbonyl (C=O) groups is 2. The molecule has 0 N–H and O–H groups in total. The summed E-state index contributed by atoms with van der Waals surface area (Å²) in [6.07, 6.45) is 2.42. The number of ketones is 1. The molecule has 0 spiro atoms. The molecule has 0 aliphatic carbocycles. The number of Topliss-reactive ketones (excluding diaryl/α,β-unsaturated/α-hetero) is 1. The van der Waals surface area contributed by atoms with Crippen LogP contribution in [0.1, 0.15) is 29.3 Å². The molecule has 6 nitrogen and oxygen atoms in total. The van der Waals surface area contributed by atoms with E-state index in [1.807, 2.05) is 31.2 Å². The summed E-state index contributed by atoms with van der Waals surface area (Å²) in [4.78, 5) is 24.0. The lowest BCUT2D eigenvalue weighted by Gasteiger charge is -2.07. The quantitative estimate of drug-likeness (QED) is 0.549. The second-order valence-corrected chi connectivity index (χ2v) is 5.88. The predicted molar refractivity (Wildman–Crippen MR) is 99.1 cm³/mol. The zero-order chi connectivity index (χ0) is 19.2. The summed E-state index contributed by atoms with van der Waals surface area (Å²) < 4.78 is 21.2. The lowest BCUT2D eigenvalue weighted by molar-refractivity contribution is -0.146. The van der Waals surface area contributed by atoms with Crippen molar-refractivity contribution >= 4 is 17.8 Å². The molecular formula is C21H20O6. The summed E-state index contributed by atoms with van der Waals surface area (Å²) in [5.74, 6) is 1.16. The summed E-state index contributed by atoms with van der Waals surface area (Å²) in [7, 11) is 1.59. The molecule has 0 bridgehead atoms. The summed E-state index contributed by atoms with van der Waals surface area (Å²) in [6.45, 7) is 2.09. The molecule has 1 aliphatic rings. The van der Waals surface area contributed by atoms with Gasteiger partial charge in [-0.25, -0.2) is 4.79 Å². The number of methoxy groups -OCH3 is 1. The van der Waals surface area contributed by atoms with Crippen molar-refractivity contribution in [2.45, 2.75) is 13.3 Å². The predicted octanol–water partition coefficient (Wildman–Crippen LogP) is 3.64. The molecule has 0 saturated carbocycles. The third-order valence-corrected chi connectivity index (χ3v) is 3.88. The first-order valence-corrected chi connectivity index (χ1v) is 8.61. The van der Waals surface area contributed by atoms with E-state index < -0.39 is 5.97 Å². The van der Waals surface area contributed by atoms with Crippen LogP contribution in [-0.2, 0) is 9.53 Å². The van der Waals surface area contributed by atoms with Gasteiger partial charge in [0.15, 0.2) is 12.4 Å². The lowest BCUT2D eigenvalue weighted by Crippen LogP contribution is -2.15.